The van der Waals surface area contributed by atoms with E-state index in [9.17, 15) is 13.2 Å². The Morgan fingerprint density at radius 2 is 1.78 bits per heavy atom. The quantitative estimate of drug-likeness (QED) is 0.914. The SMILES string of the molecule is CC(N)Cc1ccc(-c2c(F)cc(F)cc2F)o1. The van der Waals surface area contributed by atoms with Crippen molar-refractivity contribution in [2.24, 2.45) is 5.73 Å². The van der Waals surface area contributed by atoms with Crippen molar-refractivity contribution in [3.63, 3.8) is 0 Å². The number of hydrogen-bond acceptors (Lipinski definition) is 2. The summed E-state index contributed by atoms with van der Waals surface area (Å²) in [5.41, 5.74) is 5.23. The second-order valence-electron chi connectivity index (χ2n) is 4.19. The number of furan rings is 1. The summed E-state index contributed by atoms with van der Waals surface area (Å²) >= 11 is 0. The maximum atomic E-state index is 13.5. The molecule has 0 saturated carbocycles. The number of nitrogens with two attached hydrogens (primary N) is 1. The standard InChI is InChI=1S/C13H12F3NO/c1-7(17)4-9-2-3-12(18-9)13-10(15)5-8(14)6-11(13)16/h2-3,5-7H,4,17H2,1H3. The average Bonchev–Trinajstić information content (AvgIpc) is 2.63. The first-order valence-corrected chi connectivity index (χ1v) is 5.46. The summed E-state index contributed by atoms with van der Waals surface area (Å²) in [4.78, 5) is 0. The maximum absolute atomic E-state index is 13.5. The Labute approximate surface area is 102 Å². The monoisotopic (exact) mass is 255 g/mol. The van der Waals surface area contributed by atoms with Crippen molar-refractivity contribution in [1.82, 2.24) is 0 Å². The molecule has 2 N–H and O–H groups in total. The third kappa shape index (κ3) is 2.56. The van der Waals surface area contributed by atoms with Crippen LogP contribution in [-0.4, -0.2) is 6.04 Å². The fourth-order valence-electron chi connectivity index (χ4n) is 1.72. The largest absolute Gasteiger partial charge is 0.461 e. The number of rotatable bonds is 3. The van der Waals surface area contributed by atoms with Crippen LogP contribution in [0.5, 0.6) is 0 Å². The summed E-state index contributed by atoms with van der Waals surface area (Å²) in [5.74, 6) is -2.39. The van der Waals surface area contributed by atoms with Crippen molar-refractivity contribution < 1.29 is 17.6 Å². The molecule has 2 nitrogen and oxygen atoms in total. The van der Waals surface area contributed by atoms with Crippen LogP contribution in [0.4, 0.5) is 13.2 Å². The van der Waals surface area contributed by atoms with Gasteiger partial charge in [-0.15, -0.1) is 0 Å². The maximum Gasteiger partial charge on any atom is 0.140 e. The molecule has 0 fully saturated rings. The minimum absolute atomic E-state index is 0.0284. The highest BCUT2D eigenvalue weighted by molar-refractivity contribution is 5.59. The van der Waals surface area contributed by atoms with E-state index in [0.717, 1.165) is 0 Å². The summed E-state index contributed by atoms with van der Waals surface area (Å²) in [6.07, 6.45) is 0.463. The van der Waals surface area contributed by atoms with Crippen molar-refractivity contribution in [1.29, 1.82) is 0 Å². The predicted octanol–water partition coefficient (Wildman–Crippen LogP) is 3.25. The van der Waals surface area contributed by atoms with Gasteiger partial charge in [-0.2, -0.15) is 0 Å². The molecule has 0 bridgehead atoms. The summed E-state index contributed by atoms with van der Waals surface area (Å²) in [6, 6.07) is 4.16. The van der Waals surface area contributed by atoms with Crippen LogP contribution in [0.2, 0.25) is 0 Å². The average molecular weight is 255 g/mol. The van der Waals surface area contributed by atoms with Crippen LogP contribution in [0.15, 0.2) is 28.7 Å². The molecule has 5 heteroatoms. The van der Waals surface area contributed by atoms with Crippen LogP contribution < -0.4 is 5.73 Å². The van der Waals surface area contributed by atoms with E-state index < -0.39 is 17.5 Å². The molecule has 1 atom stereocenters. The molecule has 1 unspecified atom stereocenters. The summed E-state index contributed by atoms with van der Waals surface area (Å²) in [7, 11) is 0. The molecule has 0 spiro atoms. The van der Waals surface area contributed by atoms with Gasteiger partial charge >= 0.3 is 0 Å². The second kappa shape index (κ2) is 4.86. The lowest BCUT2D eigenvalue weighted by Crippen LogP contribution is -2.17. The third-order valence-corrected chi connectivity index (χ3v) is 2.44. The number of halogens is 3. The molecule has 0 aliphatic rings. The van der Waals surface area contributed by atoms with E-state index in [-0.39, 0.29) is 17.4 Å². The van der Waals surface area contributed by atoms with Crippen molar-refractivity contribution in [3.8, 4) is 11.3 Å². The van der Waals surface area contributed by atoms with Crippen molar-refractivity contribution in [2.75, 3.05) is 0 Å². The van der Waals surface area contributed by atoms with Crippen LogP contribution in [0.3, 0.4) is 0 Å². The van der Waals surface area contributed by atoms with Crippen LogP contribution in [0.1, 0.15) is 12.7 Å². The van der Waals surface area contributed by atoms with Gasteiger partial charge in [0.05, 0.1) is 5.56 Å². The van der Waals surface area contributed by atoms with Crippen LogP contribution in [-0.2, 0) is 6.42 Å². The molecule has 1 aromatic carbocycles. The van der Waals surface area contributed by atoms with Gasteiger partial charge in [0.1, 0.15) is 29.0 Å². The van der Waals surface area contributed by atoms with Gasteiger partial charge in [0.15, 0.2) is 0 Å². The predicted molar refractivity (Wildman–Crippen MR) is 61.4 cm³/mol. The zero-order valence-electron chi connectivity index (χ0n) is 9.71. The zero-order chi connectivity index (χ0) is 13.3. The number of hydrogen-bond donors (Lipinski definition) is 1. The Morgan fingerprint density at radius 3 is 2.33 bits per heavy atom. The first-order valence-electron chi connectivity index (χ1n) is 5.46. The highest BCUT2D eigenvalue weighted by Crippen LogP contribution is 2.28. The molecule has 0 aliphatic carbocycles. The molecule has 1 heterocycles. The Balaban J connectivity index is 2.40. The zero-order valence-corrected chi connectivity index (χ0v) is 9.71. The Kier molecular flexibility index (Phi) is 3.43. The molecule has 96 valence electrons. The first kappa shape index (κ1) is 12.7. The lowest BCUT2D eigenvalue weighted by molar-refractivity contribution is 0.490. The molecule has 2 aromatic rings. The van der Waals surface area contributed by atoms with E-state index in [1.165, 1.54) is 6.07 Å². The minimum Gasteiger partial charge on any atom is -0.461 e. The lowest BCUT2D eigenvalue weighted by Gasteiger charge is -2.03. The molecular formula is C13H12F3NO. The van der Waals surface area contributed by atoms with E-state index in [1.807, 2.05) is 0 Å². The van der Waals surface area contributed by atoms with Crippen molar-refractivity contribution in [2.45, 2.75) is 19.4 Å². The Bertz CT molecular complexity index is 540. The molecule has 0 radical (unpaired) electrons. The summed E-state index contributed by atoms with van der Waals surface area (Å²) in [6.45, 7) is 1.79. The molecule has 0 amide bonds. The molecule has 0 aliphatic heterocycles. The van der Waals surface area contributed by atoms with Gasteiger partial charge in [0.2, 0.25) is 0 Å². The van der Waals surface area contributed by atoms with Gasteiger partial charge in [-0.25, -0.2) is 13.2 Å². The highest BCUT2D eigenvalue weighted by Gasteiger charge is 2.17. The molecule has 18 heavy (non-hydrogen) atoms. The van der Waals surface area contributed by atoms with Gasteiger partial charge in [-0.3, -0.25) is 0 Å². The molecule has 2 rings (SSSR count). The topological polar surface area (TPSA) is 39.2 Å². The van der Waals surface area contributed by atoms with Gasteiger partial charge in [0.25, 0.3) is 0 Å². The molecular weight excluding hydrogens is 243 g/mol. The summed E-state index contributed by atoms with van der Waals surface area (Å²) in [5, 5.41) is 0. The van der Waals surface area contributed by atoms with E-state index >= 15 is 0 Å². The van der Waals surface area contributed by atoms with Crippen LogP contribution >= 0.6 is 0 Å². The molecule has 0 saturated heterocycles. The fraction of sp³-hybridized carbons (Fsp3) is 0.231. The third-order valence-electron chi connectivity index (χ3n) is 2.44. The van der Waals surface area contributed by atoms with Crippen LogP contribution in [0.25, 0.3) is 11.3 Å². The van der Waals surface area contributed by atoms with E-state index in [4.69, 9.17) is 10.2 Å². The van der Waals surface area contributed by atoms with Gasteiger partial charge in [0, 0.05) is 24.6 Å². The van der Waals surface area contributed by atoms with Gasteiger partial charge in [-0.05, 0) is 19.1 Å². The van der Waals surface area contributed by atoms with E-state index in [2.05, 4.69) is 0 Å². The normalized spacial score (nSPS) is 12.7. The second-order valence-corrected chi connectivity index (χ2v) is 4.19. The Morgan fingerprint density at radius 1 is 1.17 bits per heavy atom. The highest BCUT2D eigenvalue weighted by atomic mass is 19.1. The van der Waals surface area contributed by atoms with Crippen molar-refractivity contribution >= 4 is 0 Å². The van der Waals surface area contributed by atoms with E-state index in [0.29, 0.717) is 24.3 Å². The fourth-order valence-corrected chi connectivity index (χ4v) is 1.72. The smallest absolute Gasteiger partial charge is 0.140 e. The summed E-state index contributed by atoms with van der Waals surface area (Å²) < 4.78 is 45.1. The number of benzene rings is 1. The molecule has 1 aromatic heterocycles. The minimum atomic E-state index is -0.991. The Hall–Kier alpha value is -1.75. The van der Waals surface area contributed by atoms with E-state index in [1.54, 1.807) is 13.0 Å². The van der Waals surface area contributed by atoms with Gasteiger partial charge < -0.3 is 10.2 Å². The van der Waals surface area contributed by atoms with Gasteiger partial charge in [-0.1, -0.05) is 0 Å². The van der Waals surface area contributed by atoms with Crippen molar-refractivity contribution in [3.05, 3.63) is 47.5 Å². The lowest BCUT2D eigenvalue weighted by atomic mass is 10.1. The first-order chi connectivity index (χ1) is 8.47. The van der Waals surface area contributed by atoms with Crippen LogP contribution in [0, 0.1) is 17.5 Å².